The molecule has 2 heterocycles. The first-order valence-corrected chi connectivity index (χ1v) is 7.40. The van der Waals surface area contributed by atoms with E-state index in [1.54, 1.807) is 6.26 Å². The van der Waals surface area contributed by atoms with E-state index in [1.807, 2.05) is 12.1 Å². The maximum absolute atomic E-state index is 9.12. The van der Waals surface area contributed by atoms with Gasteiger partial charge in [-0.1, -0.05) is 6.92 Å². The molecule has 4 nitrogen and oxygen atoms in total. The fraction of sp³-hybridized carbons (Fsp3) is 0.733. The zero-order chi connectivity index (χ0) is 13.7. The molecule has 1 saturated heterocycles. The van der Waals surface area contributed by atoms with E-state index in [1.165, 1.54) is 12.8 Å². The predicted molar refractivity (Wildman–Crippen MR) is 75.7 cm³/mol. The van der Waals surface area contributed by atoms with Crippen LogP contribution in [0.15, 0.2) is 22.8 Å². The Morgan fingerprint density at radius 2 is 2.42 bits per heavy atom. The fourth-order valence-corrected chi connectivity index (χ4v) is 3.11. The number of aliphatic hydroxyl groups excluding tert-OH is 1. The molecule has 0 saturated carbocycles. The Hall–Kier alpha value is -0.840. The van der Waals surface area contributed by atoms with Crippen LogP contribution in [0.1, 0.15) is 44.4 Å². The molecule has 3 atom stereocenters. The summed E-state index contributed by atoms with van der Waals surface area (Å²) < 4.78 is 5.60. The lowest BCUT2D eigenvalue weighted by atomic mass is 9.91. The Morgan fingerprint density at radius 3 is 3.05 bits per heavy atom. The van der Waals surface area contributed by atoms with Gasteiger partial charge in [0, 0.05) is 19.2 Å². The third-order valence-electron chi connectivity index (χ3n) is 4.19. The van der Waals surface area contributed by atoms with Crippen molar-refractivity contribution in [3.05, 3.63) is 24.2 Å². The number of piperidine rings is 1. The van der Waals surface area contributed by atoms with Crippen molar-refractivity contribution < 1.29 is 9.52 Å². The number of likely N-dealkylation sites (tertiary alicyclic amines) is 1. The molecule has 19 heavy (non-hydrogen) atoms. The molecule has 108 valence electrons. The highest BCUT2D eigenvalue weighted by molar-refractivity contribution is 5.08. The zero-order valence-electron chi connectivity index (χ0n) is 11.8. The van der Waals surface area contributed by atoms with E-state index in [4.69, 9.17) is 15.3 Å². The van der Waals surface area contributed by atoms with Gasteiger partial charge in [0.15, 0.2) is 0 Å². The highest BCUT2D eigenvalue weighted by Gasteiger charge is 2.31. The molecule has 1 fully saturated rings. The Kier molecular flexibility index (Phi) is 5.43. The molecular formula is C15H26N2O2. The minimum absolute atomic E-state index is 0.0963. The summed E-state index contributed by atoms with van der Waals surface area (Å²) in [4.78, 5) is 2.44. The Morgan fingerprint density at radius 1 is 1.58 bits per heavy atom. The molecule has 0 amide bonds. The second-order valence-electron chi connectivity index (χ2n) is 5.55. The van der Waals surface area contributed by atoms with Crippen LogP contribution in [0.25, 0.3) is 0 Å². The predicted octanol–water partition coefficient (Wildman–Crippen LogP) is 2.15. The van der Waals surface area contributed by atoms with Crippen molar-refractivity contribution in [1.29, 1.82) is 0 Å². The summed E-state index contributed by atoms with van der Waals surface area (Å²) in [6, 6.07) is 4.22. The topological polar surface area (TPSA) is 62.6 Å². The first-order chi connectivity index (χ1) is 9.26. The van der Waals surface area contributed by atoms with E-state index >= 15 is 0 Å². The van der Waals surface area contributed by atoms with Crippen molar-refractivity contribution in [1.82, 2.24) is 4.90 Å². The van der Waals surface area contributed by atoms with E-state index in [0.29, 0.717) is 5.92 Å². The van der Waals surface area contributed by atoms with Gasteiger partial charge in [0.2, 0.25) is 0 Å². The first-order valence-electron chi connectivity index (χ1n) is 7.40. The smallest absolute Gasteiger partial charge is 0.122 e. The summed E-state index contributed by atoms with van der Waals surface area (Å²) in [5.41, 5.74) is 6.31. The van der Waals surface area contributed by atoms with Gasteiger partial charge in [-0.15, -0.1) is 0 Å². The zero-order valence-corrected chi connectivity index (χ0v) is 11.8. The van der Waals surface area contributed by atoms with Crippen LogP contribution in [-0.4, -0.2) is 35.7 Å². The number of aliphatic hydroxyl groups is 1. The van der Waals surface area contributed by atoms with Gasteiger partial charge in [0.1, 0.15) is 5.76 Å². The summed E-state index contributed by atoms with van der Waals surface area (Å²) in [5, 5.41) is 9.12. The lowest BCUT2D eigenvalue weighted by Crippen LogP contribution is -2.45. The second-order valence-corrected chi connectivity index (χ2v) is 5.55. The van der Waals surface area contributed by atoms with Crippen molar-refractivity contribution in [3.63, 3.8) is 0 Å². The summed E-state index contributed by atoms with van der Waals surface area (Å²) in [6.45, 7) is 4.49. The van der Waals surface area contributed by atoms with Crippen LogP contribution in [0.4, 0.5) is 0 Å². The lowest BCUT2D eigenvalue weighted by Gasteiger charge is -2.39. The normalized spacial score (nSPS) is 24.3. The second kappa shape index (κ2) is 7.08. The van der Waals surface area contributed by atoms with Gasteiger partial charge in [-0.05, 0) is 50.3 Å². The van der Waals surface area contributed by atoms with E-state index in [2.05, 4.69) is 11.8 Å². The number of hydrogen-bond acceptors (Lipinski definition) is 4. The SMILES string of the molecule is CCC(N)C(c1ccco1)N1CCCC(CCO)C1. The van der Waals surface area contributed by atoms with Crippen molar-refractivity contribution >= 4 is 0 Å². The Bertz CT molecular complexity index is 351. The molecule has 0 aromatic carbocycles. The lowest BCUT2D eigenvalue weighted by molar-refractivity contribution is 0.0817. The van der Waals surface area contributed by atoms with Gasteiger partial charge in [-0.25, -0.2) is 0 Å². The summed E-state index contributed by atoms with van der Waals surface area (Å²) in [6.07, 6.45) is 5.94. The molecule has 1 aromatic rings. The monoisotopic (exact) mass is 266 g/mol. The average molecular weight is 266 g/mol. The average Bonchev–Trinajstić information content (AvgIpc) is 2.93. The van der Waals surface area contributed by atoms with E-state index in [0.717, 1.165) is 31.7 Å². The standard InChI is InChI=1S/C15H26N2O2/c1-2-13(16)15(14-6-4-10-19-14)17-8-3-5-12(11-17)7-9-18/h4,6,10,12-13,15,18H,2-3,5,7-9,11,16H2,1H3. The van der Waals surface area contributed by atoms with E-state index < -0.39 is 0 Å². The van der Waals surface area contributed by atoms with Crippen LogP contribution in [0.5, 0.6) is 0 Å². The van der Waals surface area contributed by atoms with Gasteiger partial charge in [-0.3, -0.25) is 4.90 Å². The number of rotatable bonds is 6. The Balaban J connectivity index is 2.09. The van der Waals surface area contributed by atoms with Crippen molar-refractivity contribution in [2.24, 2.45) is 11.7 Å². The van der Waals surface area contributed by atoms with Gasteiger partial charge >= 0.3 is 0 Å². The molecule has 1 aromatic heterocycles. The first kappa shape index (κ1) is 14.6. The molecular weight excluding hydrogens is 240 g/mol. The van der Waals surface area contributed by atoms with E-state index in [-0.39, 0.29) is 18.7 Å². The number of nitrogens with two attached hydrogens (primary N) is 1. The molecule has 3 N–H and O–H groups in total. The summed E-state index contributed by atoms with van der Waals surface area (Å²) >= 11 is 0. The molecule has 1 aliphatic rings. The van der Waals surface area contributed by atoms with E-state index in [9.17, 15) is 0 Å². The third-order valence-corrected chi connectivity index (χ3v) is 4.19. The van der Waals surface area contributed by atoms with Crippen LogP contribution < -0.4 is 5.73 Å². The van der Waals surface area contributed by atoms with Gasteiger partial charge < -0.3 is 15.3 Å². The molecule has 0 radical (unpaired) electrons. The Labute approximate surface area is 115 Å². The molecule has 2 rings (SSSR count). The van der Waals surface area contributed by atoms with Gasteiger partial charge in [0.05, 0.1) is 12.3 Å². The molecule has 3 unspecified atom stereocenters. The highest BCUT2D eigenvalue weighted by Crippen LogP contribution is 2.31. The summed E-state index contributed by atoms with van der Waals surface area (Å²) in [5.74, 6) is 1.55. The van der Waals surface area contributed by atoms with Crippen LogP contribution in [0, 0.1) is 5.92 Å². The number of furan rings is 1. The van der Waals surface area contributed by atoms with Crippen LogP contribution in [0.2, 0.25) is 0 Å². The summed E-state index contributed by atoms with van der Waals surface area (Å²) in [7, 11) is 0. The molecule has 0 bridgehead atoms. The quantitative estimate of drug-likeness (QED) is 0.828. The van der Waals surface area contributed by atoms with Crippen molar-refractivity contribution in [3.8, 4) is 0 Å². The molecule has 0 spiro atoms. The van der Waals surface area contributed by atoms with Crippen LogP contribution in [0.3, 0.4) is 0 Å². The minimum atomic E-state index is 0.0963. The molecule has 0 aliphatic carbocycles. The maximum atomic E-state index is 9.12. The van der Waals surface area contributed by atoms with Gasteiger partial charge in [-0.2, -0.15) is 0 Å². The fourth-order valence-electron chi connectivity index (χ4n) is 3.11. The maximum Gasteiger partial charge on any atom is 0.122 e. The van der Waals surface area contributed by atoms with Gasteiger partial charge in [0.25, 0.3) is 0 Å². The van der Waals surface area contributed by atoms with Crippen molar-refractivity contribution in [2.75, 3.05) is 19.7 Å². The third kappa shape index (κ3) is 3.59. The molecule has 4 heteroatoms. The number of hydrogen-bond donors (Lipinski definition) is 2. The highest BCUT2D eigenvalue weighted by atomic mass is 16.3. The largest absolute Gasteiger partial charge is 0.468 e. The van der Waals surface area contributed by atoms with Crippen LogP contribution >= 0.6 is 0 Å². The van der Waals surface area contributed by atoms with Crippen molar-refractivity contribution in [2.45, 2.75) is 44.7 Å². The number of nitrogens with zero attached hydrogens (tertiary/aromatic N) is 1. The molecule has 1 aliphatic heterocycles. The minimum Gasteiger partial charge on any atom is -0.468 e. The van der Waals surface area contributed by atoms with Crippen LogP contribution in [-0.2, 0) is 0 Å².